The smallest absolute Gasteiger partial charge is 0.241 e. The predicted octanol–water partition coefficient (Wildman–Crippen LogP) is 4.26. The standard InChI is InChI=1S/C23H29N7O/c1-5-31-18-8-16(9-18)11-25-23-26-13-21-19(6-7-29(21)28-23)17-10-20-22(24-12-17)27-15(4)30(20)14(2)3/h6-7,10,12-14,16,18H,5,8-9,11H2,1-4H3,(H,25,28). The Bertz CT molecular complexity index is 1220. The molecule has 4 aromatic heterocycles. The fourth-order valence-electron chi connectivity index (χ4n) is 4.56. The molecule has 1 aliphatic rings. The van der Waals surface area contributed by atoms with Gasteiger partial charge in [-0.25, -0.2) is 19.5 Å². The van der Waals surface area contributed by atoms with Crippen LogP contribution in [0.5, 0.6) is 0 Å². The van der Waals surface area contributed by atoms with Crippen LogP contribution < -0.4 is 5.32 Å². The number of hydrogen-bond donors (Lipinski definition) is 1. The van der Waals surface area contributed by atoms with Crippen LogP contribution in [0.15, 0.2) is 30.7 Å². The second kappa shape index (κ2) is 7.92. The van der Waals surface area contributed by atoms with Crippen LogP contribution in [0.4, 0.5) is 5.95 Å². The zero-order chi connectivity index (χ0) is 21.5. The van der Waals surface area contributed by atoms with Gasteiger partial charge >= 0.3 is 0 Å². The van der Waals surface area contributed by atoms with Gasteiger partial charge in [0.25, 0.3) is 0 Å². The van der Waals surface area contributed by atoms with Crippen LogP contribution in [0.1, 0.15) is 45.5 Å². The molecule has 0 radical (unpaired) electrons. The molecule has 0 aromatic carbocycles. The summed E-state index contributed by atoms with van der Waals surface area (Å²) in [6.45, 7) is 10.1. The molecule has 8 nitrogen and oxygen atoms in total. The van der Waals surface area contributed by atoms with E-state index in [0.717, 1.165) is 59.6 Å². The molecule has 0 bridgehead atoms. The van der Waals surface area contributed by atoms with Gasteiger partial charge in [0.05, 0.1) is 23.3 Å². The summed E-state index contributed by atoms with van der Waals surface area (Å²) in [4.78, 5) is 13.8. The first-order valence-electron chi connectivity index (χ1n) is 11.1. The van der Waals surface area contributed by atoms with E-state index in [9.17, 15) is 0 Å². The quantitative estimate of drug-likeness (QED) is 0.482. The van der Waals surface area contributed by atoms with Crippen LogP contribution in [0.2, 0.25) is 0 Å². The Morgan fingerprint density at radius 1 is 1.19 bits per heavy atom. The van der Waals surface area contributed by atoms with Crippen molar-refractivity contribution in [1.29, 1.82) is 0 Å². The Morgan fingerprint density at radius 2 is 2.03 bits per heavy atom. The normalized spacial score (nSPS) is 18.7. The predicted molar refractivity (Wildman–Crippen MR) is 121 cm³/mol. The third kappa shape index (κ3) is 3.65. The second-order valence-corrected chi connectivity index (χ2v) is 8.63. The lowest BCUT2D eigenvalue weighted by Gasteiger charge is -2.34. The average Bonchev–Trinajstić information content (AvgIpc) is 3.28. The van der Waals surface area contributed by atoms with Crippen molar-refractivity contribution in [3.8, 4) is 11.1 Å². The molecule has 31 heavy (non-hydrogen) atoms. The van der Waals surface area contributed by atoms with Crippen LogP contribution in [0.3, 0.4) is 0 Å². The molecule has 0 unspecified atom stereocenters. The van der Waals surface area contributed by atoms with Gasteiger partial charge in [0.2, 0.25) is 5.95 Å². The van der Waals surface area contributed by atoms with Gasteiger partial charge in [0.1, 0.15) is 5.82 Å². The van der Waals surface area contributed by atoms with Crippen molar-refractivity contribution in [3.05, 3.63) is 36.5 Å². The second-order valence-electron chi connectivity index (χ2n) is 8.63. The highest BCUT2D eigenvalue weighted by atomic mass is 16.5. The van der Waals surface area contributed by atoms with Crippen molar-refractivity contribution in [2.24, 2.45) is 5.92 Å². The highest BCUT2D eigenvalue weighted by Gasteiger charge is 2.29. The topological polar surface area (TPSA) is 82.2 Å². The molecule has 4 heterocycles. The number of nitrogens with zero attached hydrogens (tertiary/aromatic N) is 6. The molecule has 5 rings (SSSR count). The largest absolute Gasteiger partial charge is 0.378 e. The van der Waals surface area contributed by atoms with E-state index in [-0.39, 0.29) is 0 Å². The lowest BCUT2D eigenvalue weighted by molar-refractivity contribution is -0.0205. The fourth-order valence-corrected chi connectivity index (χ4v) is 4.56. The third-order valence-corrected chi connectivity index (χ3v) is 6.11. The summed E-state index contributed by atoms with van der Waals surface area (Å²) in [7, 11) is 0. The molecule has 0 spiro atoms. The zero-order valence-electron chi connectivity index (χ0n) is 18.5. The summed E-state index contributed by atoms with van der Waals surface area (Å²) >= 11 is 0. The van der Waals surface area contributed by atoms with Crippen molar-refractivity contribution in [1.82, 2.24) is 29.1 Å². The Labute approximate surface area is 181 Å². The van der Waals surface area contributed by atoms with Gasteiger partial charge in [0, 0.05) is 42.7 Å². The Kier molecular flexibility index (Phi) is 5.09. The van der Waals surface area contributed by atoms with Gasteiger partial charge in [-0.3, -0.25) is 0 Å². The van der Waals surface area contributed by atoms with E-state index in [0.29, 0.717) is 24.0 Å². The molecule has 1 fully saturated rings. The number of nitrogens with one attached hydrogen (secondary N) is 1. The molecule has 162 valence electrons. The van der Waals surface area contributed by atoms with Crippen LogP contribution in [-0.4, -0.2) is 48.4 Å². The number of rotatable bonds is 7. The van der Waals surface area contributed by atoms with E-state index in [2.05, 4.69) is 55.9 Å². The van der Waals surface area contributed by atoms with Crippen molar-refractivity contribution in [3.63, 3.8) is 0 Å². The Balaban J connectivity index is 1.37. The molecule has 1 saturated carbocycles. The molecular formula is C23H29N7O. The van der Waals surface area contributed by atoms with Crippen molar-refractivity contribution < 1.29 is 4.74 Å². The van der Waals surface area contributed by atoms with E-state index in [1.165, 1.54) is 0 Å². The summed E-state index contributed by atoms with van der Waals surface area (Å²) in [5.74, 6) is 2.26. The maximum Gasteiger partial charge on any atom is 0.241 e. The van der Waals surface area contributed by atoms with Gasteiger partial charge in [-0.15, -0.1) is 5.10 Å². The molecule has 0 aliphatic heterocycles. The zero-order valence-corrected chi connectivity index (χ0v) is 18.5. The van der Waals surface area contributed by atoms with Crippen molar-refractivity contribution >= 4 is 22.6 Å². The van der Waals surface area contributed by atoms with E-state index in [4.69, 9.17) is 4.74 Å². The average molecular weight is 420 g/mol. The van der Waals surface area contributed by atoms with Crippen LogP contribution >= 0.6 is 0 Å². The first-order valence-corrected chi connectivity index (χ1v) is 11.1. The summed E-state index contributed by atoms with van der Waals surface area (Å²) < 4.78 is 9.74. The molecule has 0 atom stereocenters. The van der Waals surface area contributed by atoms with Gasteiger partial charge in [0.15, 0.2) is 5.65 Å². The summed E-state index contributed by atoms with van der Waals surface area (Å²) in [5.41, 5.74) is 4.89. The molecule has 1 N–H and O–H groups in total. The Morgan fingerprint density at radius 3 is 2.81 bits per heavy atom. The number of aryl methyl sites for hydroxylation is 1. The van der Waals surface area contributed by atoms with E-state index < -0.39 is 0 Å². The van der Waals surface area contributed by atoms with Crippen molar-refractivity contribution in [2.75, 3.05) is 18.5 Å². The van der Waals surface area contributed by atoms with Gasteiger partial charge in [-0.05, 0) is 58.6 Å². The fraction of sp³-hybridized carbons (Fsp3) is 0.478. The lowest BCUT2D eigenvalue weighted by Crippen LogP contribution is -2.35. The maximum atomic E-state index is 5.64. The van der Waals surface area contributed by atoms with Crippen LogP contribution in [0, 0.1) is 12.8 Å². The van der Waals surface area contributed by atoms with E-state index in [1.54, 1.807) is 0 Å². The van der Waals surface area contributed by atoms with Crippen molar-refractivity contribution in [2.45, 2.75) is 52.7 Å². The van der Waals surface area contributed by atoms with E-state index in [1.807, 2.05) is 37.0 Å². The minimum atomic E-state index is 0.323. The Hall–Kier alpha value is -3.00. The maximum absolute atomic E-state index is 5.64. The number of pyridine rings is 1. The number of hydrogen-bond acceptors (Lipinski definition) is 6. The summed E-state index contributed by atoms with van der Waals surface area (Å²) in [6.07, 6.45) is 8.38. The number of ether oxygens (including phenoxy) is 1. The summed E-state index contributed by atoms with van der Waals surface area (Å²) in [6, 6.07) is 4.55. The first kappa shape index (κ1) is 19.9. The minimum absolute atomic E-state index is 0.323. The minimum Gasteiger partial charge on any atom is -0.378 e. The number of anilines is 1. The highest BCUT2D eigenvalue weighted by Crippen LogP contribution is 2.31. The van der Waals surface area contributed by atoms with Gasteiger partial charge in [-0.2, -0.15) is 0 Å². The van der Waals surface area contributed by atoms with Gasteiger partial charge < -0.3 is 14.6 Å². The SMILES string of the molecule is CCOC1CC(CNc2ncc3c(-c4cnc5nc(C)n(C(C)C)c5c4)ccn3n2)C1. The molecule has 0 amide bonds. The molecule has 1 aliphatic carbocycles. The van der Waals surface area contributed by atoms with Gasteiger partial charge in [-0.1, -0.05) is 0 Å². The third-order valence-electron chi connectivity index (χ3n) is 6.11. The number of aromatic nitrogens is 6. The first-order chi connectivity index (χ1) is 15.0. The van der Waals surface area contributed by atoms with E-state index >= 15 is 0 Å². The lowest BCUT2D eigenvalue weighted by atomic mass is 9.82. The number of fused-ring (bicyclic) bond motifs is 2. The monoisotopic (exact) mass is 419 g/mol. The molecule has 8 heteroatoms. The number of imidazole rings is 1. The van der Waals surface area contributed by atoms with Crippen LogP contribution in [-0.2, 0) is 4.74 Å². The highest BCUT2D eigenvalue weighted by molar-refractivity contribution is 5.85. The summed E-state index contributed by atoms with van der Waals surface area (Å²) in [5, 5.41) is 8.02. The molecule has 4 aromatic rings. The molecular weight excluding hydrogens is 390 g/mol. The molecule has 0 saturated heterocycles. The van der Waals surface area contributed by atoms with Crippen LogP contribution in [0.25, 0.3) is 27.8 Å².